The number of hydrogen-bond donors (Lipinski definition) is 3. The second-order valence-corrected chi connectivity index (χ2v) is 6.79. The summed E-state index contributed by atoms with van der Waals surface area (Å²) in [5.41, 5.74) is 1.49. The lowest BCUT2D eigenvalue weighted by molar-refractivity contribution is 0.318. The Kier molecular flexibility index (Phi) is 4.75. The van der Waals surface area contributed by atoms with Gasteiger partial charge in [-0.05, 0) is 66.5 Å². The van der Waals surface area contributed by atoms with Gasteiger partial charge in [0.25, 0.3) is 0 Å². The molecule has 28 heavy (non-hydrogen) atoms. The van der Waals surface area contributed by atoms with E-state index in [9.17, 15) is 10.2 Å². The molecule has 0 radical (unpaired) electrons. The van der Waals surface area contributed by atoms with Gasteiger partial charge in [-0.2, -0.15) is 5.10 Å². The van der Waals surface area contributed by atoms with Crippen LogP contribution < -0.4 is 4.74 Å². The summed E-state index contributed by atoms with van der Waals surface area (Å²) in [6, 6.07) is 16.4. The molecule has 0 unspecified atom stereocenters. The van der Waals surface area contributed by atoms with Crippen molar-refractivity contribution in [2.45, 2.75) is 13.3 Å². The number of nitrogens with zero attached hydrogens (tertiary/aromatic N) is 2. The van der Waals surface area contributed by atoms with Crippen molar-refractivity contribution < 1.29 is 14.9 Å². The first kappa shape index (κ1) is 18.1. The van der Waals surface area contributed by atoms with Crippen molar-refractivity contribution in [3.63, 3.8) is 0 Å². The molecule has 3 aromatic carbocycles. The lowest BCUT2D eigenvalue weighted by atomic mass is 10.1. The van der Waals surface area contributed by atoms with Gasteiger partial charge < -0.3 is 14.9 Å². The van der Waals surface area contributed by atoms with Crippen molar-refractivity contribution in [1.82, 2.24) is 14.8 Å². The zero-order chi connectivity index (χ0) is 19.7. The highest BCUT2D eigenvalue weighted by molar-refractivity contribution is 7.71. The lowest BCUT2D eigenvalue weighted by Crippen LogP contribution is -1.99. The fourth-order valence-electron chi connectivity index (χ4n) is 3.13. The Hall–Kier alpha value is -3.32. The molecule has 0 atom stereocenters. The first-order valence-corrected chi connectivity index (χ1v) is 9.35. The van der Waals surface area contributed by atoms with E-state index in [1.54, 1.807) is 6.07 Å². The molecule has 0 spiro atoms. The smallest absolute Gasteiger partial charge is 0.200 e. The van der Waals surface area contributed by atoms with Crippen LogP contribution in [0.4, 0.5) is 0 Å². The van der Waals surface area contributed by atoms with Gasteiger partial charge in [0.15, 0.2) is 22.1 Å². The minimum absolute atomic E-state index is 0.186. The minimum Gasteiger partial charge on any atom is -0.504 e. The summed E-state index contributed by atoms with van der Waals surface area (Å²) < 4.78 is 7.98. The number of phenols is 2. The average Bonchev–Trinajstić information content (AvgIpc) is 3.09. The number of aromatic amines is 1. The quantitative estimate of drug-likeness (QED) is 0.330. The molecule has 0 bridgehead atoms. The van der Waals surface area contributed by atoms with E-state index >= 15 is 0 Å². The Morgan fingerprint density at radius 2 is 1.93 bits per heavy atom. The zero-order valence-electron chi connectivity index (χ0n) is 15.2. The monoisotopic (exact) mass is 393 g/mol. The van der Waals surface area contributed by atoms with Crippen LogP contribution in [-0.4, -0.2) is 31.6 Å². The fraction of sp³-hybridized carbons (Fsp3) is 0.143. The van der Waals surface area contributed by atoms with E-state index in [0.717, 1.165) is 28.6 Å². The summed E-state index contributed by atoms with van der Waals surface area (Å²) in [7, 11) is 0. The van der Waals surface area contributed by atoms with Crippen molar-refractivity contribution >= 4 is 23.0 Å². The summed E-state index contributed by atoms with van der Waals surface area (Å²) in [6.07, 6.45) is 0.949. The van der Waals surface area contributed by atoms with Crippen LogP contribution in [0.2, 0.25) is 0 Å². The maximum atomic E-state index is 9.87. The van der Waals surface area contributed by atoms with Gasteiger partial charge in [0, 0.05) is 10.9 Å². The number of phenolic OH excluding ortho intramolecular Hbond substituents is 2. The van der Waals surface area contributed by atoms with Gasteiger partial charge in [-0.1, -0.05) is 19.1 Å². The standard InChI is InChI=1S/C21H19N3O3S/c1-2-10-27-15-7-8-16-13(11-15)4-3-5-17(16)24-20(22-23-21(24)28)14-6-9-18(25)19(26)12-14/h3-9,11-12,25-26H,2,10H2,1H3,(H,23,28). The number of benzene rings is 3. The van der Waals surface area contributed by atoms with E-state index < -0.39 is 0 Å². The second-order valence-electron chi connectivity index (χ2n) is 6.40. The van der Waals surface area contributed by atoms with Crippen molar-refractivity contribution in [3.05, 3.63) is 59.4 Å². The largest absolute Gasteiger partial charge is 0.504 e. The third kappa shape index (κ3) is 3.20. The number of rotatable bonds is 5. The molecule has 1 heterocycles. The van der Waals surface area contributed by atoms with Crippen LogP contribution in [0.5, 0.6) is 17.2 Å². The zero-order valence-corrected chi connectivity index (χ0v) is 16.0. The third-order valence-electron chi connectivity index (χ3n) is 4.45. The molecule has 0 amide bonds. The van der Waals surface area contributed by atoms with Gasteiger partial charge in [0.05, 0.1) is 12.3 Å². The van der Waals surface area contributed by atoms with Crippen LogP contribution in [0, 0.1) is 4.77 Å². The van der Waals surface area contributed by atoms with Crippen LogP contribution >= 0.6 is 12.2 Å². The molecule has 0 saturated carbocycles. The second kappa shape index (κ2) is 7.36. The molecule has 4 aromatic rings. The van der Waals surface area contributed by atoms with Crippen LogP contribution in [0.15, 0.2) is 54.6 Å². The SMILES string of the molecule is CCCOc1ccc2c(-n3c(-c4ccc(O)c(O)c4)n[nH]c3=S)cccc2c1. The van der Waals surface area contributed by atoms with Gasteiger partial charge in [-0.25, -0.2) is 0 Å². The number of hydrogen-bond acceptors (Lipinski definition) is 5. The Morgan fingerprint density at radius 1 is 1.07 bits per heavy atom. The highest BCUT2D eigenvalue weighted by atomic mass is 32.1. The molecular weight excluding hydrogens is 374 g/mol. The molecule has 0 aliphatic rings. The summed E-state index contributed by atoms with van der Waals surface area (Å²) >= 11 is 5.47. The first-order valence-electron chi connectivity index (χ1n) is 8.94. The number of nitrogens with one attached hydrogen (secondary N) is 1. The Bertz CT molecular complexity index is 1210. The first-order chi connectivity index (χ1) is 13.6. The van der Waals surface area contributed by atoms with E-state index in [0.29, 0.717) is 22.8 Å². The van der Waals surface area contributed by atoms with E-state index in [1.807, 2.05) is 41.0 Å². The lowest BCUT2D eigenvalue weighted by Gasteiger charge is -2.12. The van der Waals surface area contributed by atoms with Crippen molar-refractivity contribution in [1.29, 1.82) is 0 Å². The van der Waals surface area contributed by atoms with Crippen LogP contribution in [0.1, 0.15) is 13.3 Å². The topological polar surface area (TPSA) is 83.3 Å². The minimum atomic E-state index is -0.214. The van der Waals surface area contributed by atoms with Gasteiger partial charge in [0.2, 0.25) is 0 Å². The summed E-state index contributed by atoms with van der Waals surface area (Å²) in [6.45, 7) is 2.74. The van der Waals surface area contributed by atoms with Crippen molar-refractivity contribution in [2.24, 2.45) is 0 Å². The molecule has 142 valence electrons. The molecule has 0 aliphatic heterocycles. The average molecular weight is 393 g/mol. The number of aromatic hydroxyl groups is 2. The Balaban J connectivity index is 1.88. The number of fused-ring (bicyclic) bond motifs is 1. The third-order valence-corrected chi connectivity index (χ3v) is 4.72. The molecule has 6 nitrogen and oxygen atoms in total. The molecule has 0 fully saturated rings. The summed E-state index contributed by atoms with van der Waals surface area (Å²) in [5.74, 6) is 0.966. The predicted molar refractivity (Wildman–Crippen MR) is 111 cm³/mol. The van der Waals surface area contributed by atoms with E-state index in [4.69, 9.17) is 17.0 Å². The molecule has 0 aliphatic carbocycles. The molecule has 0 saturated heterocycles. The number of aromatic nitrogens is 3. The van der Waals surface area contributed by atoms with Crippen LogP contribution in [0.25, 0.3) is 27.8 Å². The Labute approximate surface area is 166 Å². The predicted octanol–water partition coefficient (Wildman–Crippen LogP) is 4.95. The normalized spacial score (nSPS) is 11.0. The number of ether oxygens (including phenoxy) is 1. The Morgan fingerprint density at radius 3 is 2.71 bits per heavy atom. The molecule has 1 aromatic heterocycles. The molecule has 3 N–H and O–H groups in total. The van der Waals surface area contributed by atoms with E-state index in [-0.39, 0.29) is 11.5 Å². The van der Waals surface area contributed by atoms with Crippen molar-refractivity contribution in [2.75, 3.05) is 6.61 Å². The highest BCUT2D eigenvalue weighted by Gasteiger charge is 2.15. The highest BCUT2D eigenvalue weighted by Crippen LogP contribution is 2.33. The van der Waals surface area contributed by atoms with E-state index in [1.165, 1.54) is 12.1 Å². The molecular formula is C21H19N3O3S. The fourth-order valence-corrected chi connectivity index (χ4v) is 3.36. The summed E-state index contributed by atoms with van der Waals surface area (Å²) in [5, 5.41) is 28.6. The van der Waals surface area contributed by atoms with E-state index in [2.05, 4.69) is 17.1 Å². The van der Waals surface area contributed by atoms with Crippen LogP contribution in [0.3, 0.4) is 0 Å². The molecule has 4 rings (SSSR count). The van der Waals surface area contributed by atoms with Crippen molar-refractivity contribution in [3.8, 4) is 34.3 Å². The number of H-pyrrole nitrogens is 1. The van der Waals surface area contributed by atoms with Gasteiger partial charge in [0.1, 0.15) is 5.75 Å². The maximum absolute atomic E-state index is 9.87. The summed E-state index contributed by atoms with van der Waals surface area (Å²) in [4.78, 5) is 0. The maximum Gasteiger partial charge on any atom is 0.200 e. The molecule has 7 heteroatoms. The van der Waals surface area contributed by atoms with Gasteiger partial charge >= 0.3 is 0 Å². The van der Waals surface area contributed by atoms with Crippen LogP contribution in [-0.2, 0) is 0 Å². The van der Waals surface area contributed by atoms with Gasteiger partial charge in [-0.15, -0.1) is 0 Å². The van der Waals surface area contributed by atoms with Gasteiger partial charge in [-0.3, -0.25) is 9.67 Å².